The Balaban J connectivity index is 2.94. The molecule has 0 amide bonds. The molecule has 4 nitrogen and oxygen atoms in total. The molecule has 0 radical (unpaired) electrons. The van der Waals surface area contributed by atoms with E-state index in [1.54, 1.807) is 0 Å². The van der Waals surface area contributed by atoms with Gasteiger partial charge in [-0.2, -0.15) is 9.76 Å². The predicted octanol–water partition coefficient (Wildman–Crippen LogP) is -0.556. The Morgan fingerprint density at radius 1 is 1.62 bits per heavy atom. The first-order chi connectivity index (χ1) is 3.77. The second-order valence-electron chi connectivity index (χ2n) is 1.21. The number of rotatable bonds is 4. The molecule has 0 rings (SSSR count). The smallest absolute Gasteiger partial charge is 0.201 e. The predicted molar refractivity (Wildman–Crippen MR) is 29.7 cm³/mol. The molecule has 8 heavy (non-hydrogen) atoms. The molecule has 0 saturated heterocycles. The van der Waals surface area contributed by atoms with Gasteiger partial charge in [0.05, 0.1) is 0 Å². The number of hydroxylamine groups is 1. The summed E-state index contributed by atoms with van der Waals surface area (Å²) in [4.78, 5) is 0. The van der Waals surface area contributed by atoms with Crippen molar-refractivity contribution < 1.29 is 12.7 Å². The lowest BCUT2D eigenvalue weighted by Crippen LogP contribution is -2.13. The number of hydrogen-bond donors (Lipinski definition) is 2. The van der Waals surface area contributed by atoms with Crippen LogP contribution >= 0.6 is 0 Å². The lowest BCUT2D eigenvalue weighted by Gasteiger charge is -1.92. The first-order valence-electron chi connectivity index (χ1n) is 2.31. The third-order valence-electron chi connectivity index (χ3n) is 0.491. The summed E-state index contributed by atoms with van der Waals surface area (Å²) in [5, 5.41) is 0. The molecule has 0 aromatic rings. The summed E-state index contributed by atoms with van der Waals surface area (Å²) >= 11 is 0. The molecule has 0 spiro atoms. The standard InChI is InChI=1S/C3H9NO3S/c1-2-3-4-7-8(5)6/h4,8H,2-3H2,1H3. The molecular formula is C3H9NO3S. The summed E-state index contributed by atoms with van der Waals surface area (Å²) in [7, 11) is -2.72. The van der Waals surface area contributed by atoms with Gasteiger partial charge in [-0.25, -0.2) is 8.42 Å². The highest BCUT2D eigenvalue weighted by Gasteiger charge is 1.80. The Bertz CT molecular complexity index is 103. The Labute approximate surface area is 50.0 Å². The van der Waals surface area contributed by atoms with E-state index in [1.807, 2.05) is 6.92 Å². The maximum absolute atomic E-state index is 9.63. The molecule has 0 aromatic carbocycles. The minimum Gasteiger partial charge on any atom is -0.201 e. The Morgan fingerprint density at radius 3 is 2.62 bits per heavy atom. The Morgan fingerprint density at radius 2 is 2.25 bits per heavy atom. The molecule has 50 valence electrons. The van der Waals surface area contributed by atoms with E-state index in [1.165, 1.54) is 0 Å². The Kier molecular flexibility index (Phi) is 4.93. The molecule has 0 aliphatic carbocycles. The van der Waals surface area contributed by atoms with E-state index >= 15 is 0 Å². The highest BCUT2D eigenvalue weighted by molar-refractivity contribution is 7.67. The van der Waals surface area contributed by atoms with Crippen LogP contribution in [0.15, 0.2) is 0 Å². The first-order valence-corrected chi connectivity index (χ1v) is 3.41. The van der Waals surface area contributed by atoms with Crippen molar-refractivity contribution in [3.63, 3.8) is 0 Å². The molecule has 5 heteroatoms. The minimum atomic E-state index is -2.72. The lowest BCUT2D eigenvalue weighted by molar-refractivity contribution is 0.215. The normalized spacial score (nSPS) is 10.2. The summed E-state index contributed by atoms with van der Waals surface area (Å²) in [5.41, 5.74) is 2.24. The van der Waals surface area contributed by atoms with E-state index < -0.39 is 11.0 Å². The third kappa shape index (κ3) is 5.87. The molecule has 1 N–H and O–H groups in total. The second-order valence-corrected chi connectivity index (χ2v) is 1.84. The van der Waals surface area contributed by atoms with Crippen molar-refractivity contribution >= 4 is 11.0 Å². The van der Waals surface area contributed by atoms with Crippen LogP contribution in [0.5, 0.6) is 0 Å². The fraction of sp³-hybridized carbons (Fsp3) is 1.00. The van der Waals surface area contributed by atoms with E-state index in [0.29, 0.717) is 6.54 Å². The van der Waals surface area contributed by atoms with Gasteiger partial charge in [0.25, 0.3) is 11.0 Å². The third-order valence-corrected chi connectivity index (χ3v) is 0.769. The van der Waals surface area contributed by atoms with Crippen LogP contribution in [-0.4, -0.2) is 15.0 Å². The summed E-state index contributed by atoms with van der Waals surface area (Å²) < 4.78 is 23.2. The van der Waals surface area contributed by atoms with Crippen molar-refractivity contribution in [1.29, 1.82) is 0 Å². The summed E-state index contributed by atoms with van der Waals surface area (Å²) in [6.07, 6.45) is 0.850. The number of thiol groups is 1. The lowest BCUT2D eigenvalue weighted by atomic mass is 10.5. The van der Waals surface area contributed by atoms with Crippen LogP contribution in [0.3, 0.4) is 0 Å². The SMILES string of the molecule is CCCNO[SH](=O)=O. The Hall–Kier alpha value is -0.130. The monoisotopic (exact) mass is 139 g/mol. The topological polar surface area (TPSA) is 55.4 Å². The van der Waals surface area contributed by atoms with Crippen LogP contribution in [0, 0.1) is 0 Å². The summed E-state index contributed by atoms with van der Waals surface area (Å²) in [5.74, 6) is 0. The van der Waals surface area contributed by atoms with Gasteiger partial charge in [-0.3, -0.25) is 0 Å². The van der Waals surface area contributed by atoms with Crippen molar-refractivity contribution in [2.45, 2.75) is 13.3 Å². The van der Waals surface area contributed by atoms with E-state index in [0.717, 1.165) is 6.42 Å². The summed E-state index contributed by atoms with van der Waals surface area (Å²) in [6.45, 7) is 2.47. The molecule has 0 heterocycles. The van der Waals surface area contributed by atoms with Crippen LogP contribution in [0.2, 0.25) is 0 Å². The van der Waals surface area contributed by atoms with Gasteiger partial charge in [0.15, 0.2) is 0 Å². The van der Waals surface area contributed by atoms with E-state index in [9.17, 15) is 8.42 Å². The molecule has 0 aliphatic heterocycles. The van der Waals surface area contributed by atoms with Gasteiger partial charge in [-0.15, -0.1) is 0 Å². The zero-order chi connectivity index (χ0) is 6.41. The average Bonchev–Trinajstić information content (AvgIpc) is 1.66. The van der Waals surface area contributed by atoms with E-state index in [2.05, 4.69) is 9.76 Å². The minimum absolute atomic E-state index is 0.559. The molecule has 0 bridgehead atoms. The van der Waals surface area contributed by atoms with E-state index in [4.69, 9.17) is 0 Å². The fourth-order valence-corrected chi connectivity index (χ4v) is 0.397. The zero-order valence-corrected chi connectivity index (χ0v) is 5.48. The summed E-state index contributed by atoms with van der Waals surface area (Å²) in [6, 6.07) is 0. The van der Waals surface area contributed by atoms with Crippen LogP contribution in [0.25, 0.3) is 0 Å². The molecule has 0 aliphatic rings. The van der Waals surface area contributed by atoms with Gasteiger partial charge in [0.1, 0.15) is 0 Å². The zero-order valence-electron chi connectivity index (χ0n) is 4.59. The van der Waals surface area contributed by atoms with Crippen molar-refractivity contribution in [3.05, 3.63) is 0 Å². The maximum Gasteiger partial charge on any atom is 0.273 e. The van der Waals surface area contributed by atoms with Crippen LogP contribution in [0.1, 0.15) is 13.3 Å². The second kappa shape index (κ2) is 5.02. The molecule has 0 atom stereocenters. The maximum atomic E-state index is 9.63. The van der Waals surface area contributed by atoms with Crippen LogP contribution < -0.4 is 5.48 Å². The van der Waals surface area contributed by atoms with Crippen molar-refractivity contribution in [2.24, 2.45) is 0 Å². The van der Waals surface area contributed by atoms with E-state index in [-0.39, 0.29) is 0 Å². The van der Waals surface area contributed by atoms with Gasteiger partial charge in [0.2, 0.25) is 0 Å². The number of hydrogen-bond acceptors (Lipinski definition) is 4. The quantitative estimate of drug-likeness (QED) is 0.311. The van der Waals surface area contributed by atoms with Gasteiger partial charge in [-0.1, -0.05) is 6.92 Å². The van der Waals surface area contributed by atoms with Crippen molar-refractivity contribution in [3.8, 4) is 0 Å². The largest absolute Gasteiger partial charge is 0.273 e. The molecule has 0 aromatic heterocycles. The average molecular weight is 139 g/mol. The molecule has 0 unspecified atom stereocenters. The van der Waals surface area contributed by atoms with Gasteiger partial charge < -0.3 is 0 Å². The van der Waals surface area contributed by atoms with Gasteiger partial charge >= 0.3 is 0 Å². The highest BCUT2D eigenvalue weighted by Crippen LogP contribution is 1.69. The molecular weight excluding hydrogens is 130 g/mol. The van der Waals surface area contributed by atoms with Crippen molar-refractivity contribution in [1.82, 2.24) is 5.48 Å². The van der Waals surface area contributed by atoms with Crippen LogP contribution in [0.4, 0.5) is 0 Å². The van der Waals surface area contributed by atoms with Gasteiger partial charge in [-0.05, 0) is 6.42 Å². The van der Waals surface area contributed by atoms with Crippen LogP contribution in [-0.2, 0) is 15.3 Å². The fourth-order valence-electron chi connectivity index (χ4n) is 0.200. The highest BCUT2D eigenvalue weighted by atomic mass is 32.2. The number of nitrogens with one attached hydrogen (secondary N) is 1. The first kappa shape index (κ1) is 7.87. The molecule has 0 fully saturated rings. The van der Waals surface area contributed by atoms with Crippen molar-refractivity contribution in [2.75, 3.05) is 6.54 Å². The van der Waals surface area contributed by atoms with Gasteiger partial charge in [0, 0.05) is 6.54 Å². The molecule has 0 saturated carbocycles.